The average Bonchev–Trinajstić information content (AvgIpc) is 3.00. The van der Waals surface area contributed by atoms with Crippen LogP contribution in [0.5, 0.6) is 0 Å². The Morgan fingerprint density at radius 3 is 1.23 bits per heavy atom. The third-order valence-electron chi connectivity index (χ3n) is 7.20. The number of rotatable bonds is 14. The molecule has 2 nitrogen and oxygen atoms in total. The van der Waals surface area contributed by atoms with Gasteiger partial charge in [-0.2, -0.15) is 0 Å². The third-order valence-corrected chi connectivity index (χ3v) is 7.20. The largest absolute Gasteiger partial charge is 0.298 e. The van der Waals surface area contributed by atoms with Crippen LogP contribution in [0.15, 0.2) is 60.7 Å². The molecule has 0 saturated carbocycles. The van der Waals surface area contributed by atoms with E-state index in [0.29, 0.717) is 11.1 Å². The van der Waals surface area contributed by atoms with E-state index in [1.165, 1.54) is 62.5 Å². The van der Waals surface area contributed by atoms with Crippen LogP contribution in [0.1, 0.15) is 132 Å². The fraction of sp³-hybridized carbons (Fsp3) is 0.368. The van der Waals surface area contributed by atoms with E-state index in [1.807, 2.05) is 48.5 Å². The molecule has 0 unspecified atom stereocenters. The van der Waals surface area contributed by atoms with Crippen LogP contribution in [0.4, 0.5) is 0 Å². The summed E-state index contributed by atoms with van der Waals surface area (Å²) in [6.07, 6.45) is 16.0. The van der Waals surface area contributed by atoms with Crippen molar-refractivity contribution in [1.82, 2.24) is 0 Å². The first kappa shape index (κ1) is 30.7. The molecule has 0 fully saturated rings. The minimum absolute atomic E-state index is 0.660. The monoisotopic (exact) mass is 530 g/mol. The van der Waals surface area contributed by atoms with E-state index in [4.69, 9.17) is 0 Å². The zero-order valence-electron chi connectivity index (χ0n) is 24.2. The Kier molecular flexibility index (Phi) is 13.5. The number of carbonyl (C=O) groups is 2. The highest BCUT2D eigenvalue weighted by atomic mass is 16.1. The van der Waals surface area contributed by atoms with Crippen molar-refractivity contribution in [2.75, 3.05) is 0 Å². The summed E-state index contributed by atoms with van der Waals surface area (Å²) < 4.78 is 0. The number of aldehydes is 2. The Balaban J connectivity index is 1.97. The molecular weight excluding hydrogens is 488 g/mol. The molecule has 0 atom stereocenters. The van der Waals surface area contributed by atoms with E-state index >= 15 is 0 Å². The van der Waals surface area contributed by atoms with E-state index in [-0.39, 0.29) is 0 Å². The summed E-state index contributed by atoms with van der Waals surface area (Å²) >= 11 is 0. The Hall–Kier alpha value is -3.88. The standard InChI is InChI=1S/C38H42O2/c1-3-5-7-9-11-13-35-27-38(26-24-32-17-21-34(30-40)22-18-32)36(14-12-10-8-6-4-2)28-37(35)25-23-31-15-19-33(29-39)20-16-31/h15-22,27-30H,3-14H2,1-2H3. The molecule has 0 N–H and O–H groups in total. The summed E-state index contributed by atoms with van der Waals surface area (Å²) in [5.74, 6) is 13.6. The summed E-state index contributed by atoms with van der Waals surface area (Å²) in [6, 6.07) is 19.4. The van der Waals surface area contributed by atoms with E-state index in [9.17, 15) is 9.59 Å². The van der Waals surface area contributed by atoms with Gasteiger partial charge < -0.3 is 0 Å². The number of carbonyl (C=O) groups excluding carboxylic acids is 2. The summed E-state index contributed by atoms with van der Waals surface area (Å²) in [5, 5.41) is 0. The number of hydrogen-bond acceptors (Lipinski definition) is 2. The van der Waals surface area contributed by atoms with Gasteiger partial charge in [-0.05, 0) is 73.2 Å². The normalized spacial score (nSPS) is 10.2. The quantitative estimate of drug-likeness (QED) is 0.118. The van der Waals surface area contributed by atoms with Crippen LogP contribution in [0.3, 0.4) is 0 Å². The number of benzene rings is 3. The molecule has 0 bridgehead atoms. The molecule has 3 aromatic rings. The van der Waals surface area contributed by atoms with Crippen LogP contribution in [0.25, 0.3) is 0 Å². The van der Waals surface area contributed by atoms with Gasteiger partial charge in [0, 0.05) is 33.4 Å². The molecule has 0 aliphatic rings. The minimum atomic E-state index is 0.660. The number of aryl methyl sites for hydroxylation is 2. The third kappa shape index (κ3) is 10.4. The molecule has 2 heteroatoms. The van der Waals surface area contributed by atoms with E-state index < -0.39 is 0 Å². The zero-order chi connectivity index (χ0) is 28.4. The van der Waals surface area contributed by atoms with Gasteiger partial charge in [0.2, 0.25) is 0 Å². The predicted octanol–water partition coefficient (Wildman–Crippen LogP) is 9.14. The molecule has 3 aromatic carbocycles. The molecule has 0 amide bonds. The summed E-state index contributed by atoms with van der Waals surface area (Å²) in [7, 11) is 0. The lowest BCUT2D eigenvalue weighted by Gasteiger charge is -2.12. The van der Waals surface area contributed by atoms with Crippen LogP contribution >= 0.6 is 0 Å². The van der Waals surface area contributed by atoms with Gasteiger partial charge in [-0.25, -0.2) is 0 Å². The molecule has 0 aromatic heterocycles. The molecule has 0 spiro atoms. The molecule has 0 radical (unpaired) electrons. The highest BCUT2D eigenvalue weighted by molar-refractivity contribution is 5.75. The second kappa shape index (κ2) is 17.7. The van der Waals surface area contributed by atoms with Crippen molar-refractivity contribution < 1.29 is 9.59 Å². The van der Waals surface area contributed by atoms with Gasteiger partial charge in [0.05, 0.1) is 0 Å². The lowest BCUT2D eigenvalue weighted by molar-refractivity contribution is 0.111. The van der Waals surface area contributed by atoms with Crippen LogP contribution in [-0.4, -0.2) is 12.6 Å². The lowest BCUT2D eigenvalue weighted by Crippen LogP contribution is -1.99. The Bertz CT molecular complexity index is 1230. The van der Waals surface area contributed by atoms with Gasteiger partial charge in [0.1, 0.15) is 12.6 Å². The highest BCUT2D eigenvalue weighted by Gasteiger charge is 2.09. The van der Waals surface area contributed by atoms with Crippen molar-refractivity contribution in [3.05, 3.63) is 105 Å². The first-order valence-electron chi connectivity index (χ1n) is 15.0. The second-order valence-corrected chi connectivity index (χ2v) is 10.5. The first-order valence-corrected chi connectivity index (χ1v) is 15.0. The van der Waals surface area contributed by atoms with Crippen molar-refractivity contribution in [2.24, 2.45) is 0 Å². The summed E-state index contributed by atoms with van der Waals surface area (Å²) in [6.45, 7) is 4.49. The molecule has 0 aliphatic carbocycles. The maximum absolute atomic E-state index is 11.0. The van der Waals surface area contributed by atoms with E-state index in [2.05, 4.69) is 49.7 Å². The van der Waals surface area contributed by atoms with Crippen molar-refractivity contribution in [3.8, 4) is 23.7 Å². The van der Waals surface area contributed by atoms with Crippen molar-refractivity contribution in [3.63, 3.8) is 0 Å². The highest BCUT2D eigenvalue weighted by Crippen LogP contribution is 2.22. The molecule has 206 valence electrons. The maximum Gasteiger partial charge on any atom is 0.150 e. The van der Waals surface area contributed by atoms with Crippen molar-refractivity contribution in [2.45, 2.75) is 90.9 Å². The van der Waals surface area contributed by atoms with Gasteiger partial charge in [-0.3, -0.25) is 9.59 Å². The van der Waals surface area contributed by atoms with Crippen LogP contribution < -0.4 is 0 Å². The zero-order valence-corrected chi connectivity index (χ0v) is 24.2. The smallest absolute Gasteiger partial charge is 0.150 e. The number of unbranched alkanes of at least 4 members (excludes halogenated alkanes) is 8. The molecule has 0 heterocycles. The van der Waals surface area contributed by atoms with Crippen molar-refractivity contribution in [1.29, 1.82) is 0 Å². The van der Waals surface area contributed by atoms with E-state index in [0.717, 1.165) is 60.5 Å². The Labute approximate surface area is 241 Å². The molecule has 0 aliphatic heterocycles. The fourth-order valence-electron chi connectivity index (χ4n) is 4.74. The second-order valence-electron chi connectivity index (χ2n) is 10.5. The average molecular weight is 531 g/mol. The molecule has 3 rings (SSSR count). The first-order chi connectivity index (χ1) is 19.7. The van der Waals surface area contributed by atoms with Gasteiger partial charge in [-0.15, -0.1) is 0 Å². The summed E-state index contributed by atoms with van der Waals surface area (Å²) in [4.78, 5) is 22.1. The minimum Gasteiger partial charge on any atom is -0.298 e. The van der Waals surface area contributed by atoms with Crippen LogP contribution in [0.2, 0.25) is 0 Å². The molecular formula is C38H42O2. The van der Waals surface area contributed by atoms with E-state index in [1.54, 1.807) is 0 Å². The SMILES string of the molecule is CCCCCCCc1cc(C#Cc2ccc(C=O)cc2)c(CCCCCCC)cc1C#Cc1ccc(C=O)cc1. The molecule has 0 saturated heterocycles. The van der Waals surface area contributed by atoms with Crippen LogP contribution in [-0.2, 0) is 12.8 Å². The summed E-state index contributed by atoms with van der Waals surface area (Å²) in [5.41, 5.74) is 7.80. The van der Waals surface area contributed by atoms with Gasteiger partial charge in [-0.1, -0.05) is 113 Å². The lowest BCUT2D eigenvalue weighted by atomic mass is 9.92. The van der Waals surface area contributed by atoms with Crippen molar-refractivity contribution >= 4 is 12.6 Å². The Morgan fingerprint density at radius 2 is 0.875 bits per heavy atom. The topological polar surface area (TPSA) is 34.1 Å². The van der Waals surface area contributed by atoms with Gasteiger partial charge >= 0.3 is 0 Å². The fourth-order valence-corrected chi connectivity index (χ4v) is 4.74. The van der Waals surface area contributed by atoms with Gasteiger partial charge in [0.25, 0.3) is 0 Å². The molecule has 40 heavy (non-hydrogen) atoms. The predicted molar refractivity (Wildman–Crippen MR) is 167 cm³/mol. The van der Waals surface area contributed by atoms with Gasteiger partial charge in [0.15, 0.2) is 0 Å². The number of hydrogen-bond donors (Lipinski definition) is 0. The maximum atomic E-state index is 11.0. The van der Waals surface area contributed by atoms with Crippen LogP contribution in [0, 0.1) is 23.7 Å². The Morgan fingerprint density at radius 1 is 0.500 bits per heavy atom.